The van der Waals surface area contributed by atoms with E-state index in [1.807, 2.05) is 0 Å². The molecule has 0 aliphatic carbocycles. The third-order valence-electron chi connectivity index (χ3n) is 4.38. The van der Waals surface area contributed by atoms with Gasteiger partial charge in [0.1, 0.15) is 0 Å². The van der Waals surface area contributed by atoms with Crippen molar-refractivity contribution in [3.05, 3.63) is 29.3 Å². The minimum absolute atomic E-state index is 0.726. The molecule has 0 aromatic heterocycles. The molecule has 2 aliphatic rings. The first kappa shape index (κ1) is 11.1. The van der Waals surface area contributed by atoms with Crippen LogP contribution >= 0.6 is 0 Å². The summed E-state index contributed by atoms with van der Waals surface area (Å²) in [4.78, 5) is 2.57. The molecule has 0 saturated carbocycles. The van der Waals surface area contributed by atoms with E-state index in [-0.39, 0.29) is 0 Å². The molecule has 0 bridgehead atoms. The number of hydrogen-bond donors (Lipinski definition) is 1. The summed E-state index contributed by atoms with van der Waals surface area (Å²) in [6.07, 6.45) is 2.73. The average Bonchev–Trinajstić information content (AvgIpc) is 2.79. The number of nitrogens with zero attached hydrogens (tertiary/aromatic N) is 1. The van der Waals surface area contributed by atoms with Crippen molar-refractivity contribution in [2.24, 2.45) is 5.92 Å². The normalized spacial score (nSPS) is 28.2. The lowest BCUT2D eigenvalue weighted by Gasteiger charge is -2.37. The zero-order valence-electron chi connectivity index (χ0n) is 10.9. The number of fused-ring (bicyclic) bond motifs is 1. The predicted molar refractivity (Wildman–Crippen MR) is 72.6 cm³/mol. The van der Waals surface area contributed by atoms with Gasteiger partial charge < -0.3 is 10.2 Å². The van der Waals surface area contributed by atoms with Crippen molar-refractivity contribution < 1.29 is 0 Å². The summed E-state index contributed by atoms with van der Waals surface area (Å²) in [6, 6.07) is 7.52. The van der Waals surface area contributed by atoms with Crippen LogP contribution < -0.4 is 10.2 Å². The molecule has 2 fully saturated rings. The van der Waals surface area contributed by atoms with Gasteiger partial charge in [0.2, 0.25) is 0 Å². The Labute approximate surface area is 104 Å². The van der Waals surface area contributed by atoms with Crippen LogP contribution in [0.1, 0.15) is 24.0 Å². The van der Waals surface area contributed by atoms with Crippen molar-refractivity contribution >= 4 is 5.69 Å². The highest BCUT2D eigenvalue weighted by Gasteiger charge is 2.32. The quantitative estimate of drug-likeness (QED) is 0.797. The van der Waals surface area contributed by atoms with Crippen LogP contribution in [-0.2, 0) is 0 Å². The van der Waals surface area contributed by atoms with Crippen molar-refractivity contribution in [2.75, 3.05) is 24.5 Å². The highest BCUT2D eigenvalue weighted by atomic mass is 15.2. The second-order valence-corrected chi connectivity index (χ2v) is 5.63. The van der Waals surface area contributed by atoms with E-state index in [2.05, 4.69) is 42.3 Å². The molecule has 17 heavy (non-hydrogen) atoms. The minimum atomic E-state index is 0.726. The van der Waals surface area contributed by atoms with Gasteiger partial charge in [-0.15, -0.1) is 0 Å². The summed E-state index contributed by atoms with van der Waals surface area (Å²) in [7, 11) is 0. The topological polar surface area (TPSA) is 15.3 Å². The molecular weight excluding hydrogens is 208 g/mol. The van der Waals surface area contributed by atoms with Crippen molar-refractivity contribution in [2.45, 2.75) is 32.7 Å². The first-order chi connectivity index (χ1) is 8.24. The Morgan fingerprint density at radius 3 is 3.00 bits per heavy atom. The number of nitrogens with one attached hydrogen (secondary N) is 1. The molecular formula is C15H22N2. The van der Waals surface area contributed by atoms with Gasteiger partial charge in [0.05, 0.1) is 0 Å². The van der Waals surface area contributed by atoms with Gasteiger partial charge in [-0.05, 0) is 56.3 Å². The fourth-order valence-electron chi connectivity index (χ4n) is 3.31. The third-order valence-corrected chi connectivity index (χ3v) is 4.38. The zero-order chi connectivity index (χ0) is 11.8. The summed E-state index contributed by atoms with van der Waals surface area (Å²) < 4.78 is 0. The van der Waals surface area contributed by atoms with Crippen molar-refractivity contribution in [1.29, 1.82) is 0 Å². The van der Waals surface area contributed by atoms with E-state index in [1.54, 1.807) is 0 Å². The fourth-order valence-corrected chi connectivity index (χ4v) is 3.31. The van der Waals surface area contributed by atoms with Gasteiger partial charge in [-0.3, -0.25) is 0 Å². The summed E-state index contributed by atoms with van der Waals surface area (Å²) in [6.45, 7) is 8.05. The van der Waals surface area contributed by atoms with E-state index in [1.165, 1.54) is 49.3 Å². The molecule has 92 valence electrons. The Balaban J connectivity index is 1.82. The molecule has 0 spiro atoms. The third kappa shape index (κ3) is 2.06. The Morgan fingerprint density at radius 1 is 1.24 bits per heavy atom. The summed E-state index contributed by atoms with van der Waals surface area (Å²) >= 11 is 0. The molecule has 0 amide bonds. The predicted octanol–water partition coefficient (Wildman–Crippen LogP) is 2.49. The van der Waals surface area contributed by atoms with E-state index in [9.17, 15) is 0 Å². The number of hydrogen-bond acceptors (Lipinski definition) is 2. The molecule has 2 saturated heterocycles. The largest absolute Gasteiger partial charge is 0.370 e. The van der Waals surface area contributed by atoms with Gasteiger partial charge in [-0.25, -0.2) is 0 Å². The van der Waals surface area contributed by atoms with Crippen LogP contribution in [0.2, 0.25) is 0 Å². The highest BCUT2D eigenvalue weighted by molar-refractivity contribution is 5.55. The van der Waals surface area contributed by atoms with E-state index >= 15 is 0 Å². The zero-order valence-corrected chi connectivity index (χ0v) is 10.9. The minimum Gasteiger partial charge on any atom is -0.370 e. The fraction of sp³-hybridized carbons (Fsp3) is 0.600. The maximum atomic E-state index is 3.65. The summed E-state index contributed by atoms with van der Waals surface area (Å²) in [5.41, 5.74) is 4.22. The van der Waals surface area contributed by atoms with Gasteiger partial charge >= 0.3 is 0 Å². The second-order valence-electron chi connectivity index (χ2n) is 5.63. The molecule has 2 heteroatoms. The SMILES string of the molecule is Cc1ccc(C)c(N2CCC3CCNC3C2)c1. The molecule has 1 aromatic rings. The Bertz CT molecular complexity index is 413. The van der Waals surface area contributed by atoms with Crippen LogP contribution in [0.5, 0.6) is 0 Å². The van der Waals surface area contributed by atoms with E-state index in [0.717, 1.165) is 12.0 Å². The lowest BCUT2D eigenvalue weighted by atomic mass is 9.92. The average molecular weight is 230 g/mol. The van der Waals surface area contributed by atoms with E-state index in [0.29, 0.717) is 0 Å². The number of rotatable bonds is 1. The molecule has 0 radical (unpaired) electrons. The first-order valence-corrected chi connectivity index (χ1v) is 6.79. The van der Waals surface area contributed by atoms with Crippen molar-refractivity contribution in [3.63, 3.8) is 0 Å². The maximum Gasteiger partial charge on any atom is 0.0399 e. The lowest BCUT2D eigenvalue weighted by molar-refractivity contribution is 0.373. The molecule has 2 nitrogen and oxygen atoms in total. The summed E-state index contributed by atoms with van der Waals surface area (Å²) in [5.74, 6) is 0.927. The standard InChI is InChI=1S/C15H22N2/c1-11-3-4-12(2)15(9-11)17-8-6-13-5-7-16-14(13)10-17/h3-4,9,13-14,16H,5-8,10H2,1-2H3. The van der Waals surface area contributed by atoms with Crippen LogP contribution in [0.3, 0.4) is 0 Å². The van der Waals surface area contributed by atoms with Crippen LogP contribution in [0, 0.1) is 19.8 Å². The Morgan fingerprint density at radius 2 is 2.12 bits per heavy atom. The van der Waals surface area contributed by atoms with Crippen LogP contribution in [0.25, 0.3) is 0 Å². The number of anilines is 1. The molecule has 2 unspecified atom stereocenters. The van der Waals surface area contributed by atoms with Crippen LogP contribution in [-0.4, -0.2) is 25.7 Å². The monoisotopic (exact) mass is 230 g/mol. The number of aryl methyl sites for hydroxylation is 2. The van der Waals surface area contributed by atoms with Gasteiger partial charge in [-0.2, -0.15) is 0 Å². The van der Waals surface area contributed by atoms with Crippen molar-refractivity contribution in [1.82, 2.24) is 5.32 Å². The summed E-state index contributed by atoms with van der Waals surface area (Å²) in [5, 5.41) is 3.65. The van der Waals surface area contributed by atoms with E-state index < -0.39 is 0 Å². The molecule has 2 aliphatic heterocycles. The number of benzene rings is 1. The molecule has 2 heterocycles. The van der Waals surface area contributed by atoms with E-state index in [4.69, 9.17) is 0 Å². The molecule has 1 N–H and O–H groups in total. The van der Waals surface area contributed by atoms with Gasteiger partial charge in [0, 0.05) is 24.8 Å². The van der Waals surface area contributed by atoms with Crippen molar-refractivity contribution in [3.8, 4) is 0 Å². The smallest absolute Gasteiger partial charge is 0.0399 e. The van der Waals surface area contributed by atoms with Crippen LogP contribution in [0.4, 0.5) is 5.69 Å². The van der Waals surface area contributed by atoms with Gasteiger partial charge in [0.25, 0.3) is 0 Å². The Kier molecular flexibility index (Phi) is 2.83. The molecule has 2 atom stereocenters. The Hall–Kier alpha value is -1.02. The maximum absolute atomic E-state index is 3.65. The lowest BCUT2D eigenvalue weighted by Crippen LogP contribution is -2.46. The molecule has 3 rings (SSSR count). The second kappa shape index (κ2) is 4.34. The van der Waals surface area contributed by atoms with Crippen LogP contribution in [0.15, 0.2) is 18.2 Å². The highest BCUT2D eigenvalue weighted by Crippen LogP contribution is 2.30. The molecule has 1 aromatic carbocycles. The van der Waals surface area contributed by atoms with Gasteiger partial charge in [0.15, 0.2) is 0 Å². The first-order valence-electron chi connectivity index (χ1n) is 6.79. The van der Waals surface area contributed by atoms with Gasteiger partial charge in [-0.1, -0.05) is 12.1 Å². The number of piperidine rings is 1.